The Bertz CT molecular complexity index is 1000. The van der Waals surface area contributed by atoms with Crippen LogP contribution >= 0.6 is 0 Å². The van der Waals surface area contributed by atoms with Crippen LogP contribution in [0.1, 0.15) is 57.1 Å². The number of benzene rings is 2. The van der Waals surface area contributed by atoms with Crippen molar-refractivity contribution in [2.24, 2.45) is 5.41 Å². The first kappa shape index (κ1) is 25.3. The van der Waals surface area contributed by atoms with E-state index in [4.69, 9.17) is 9.84 Å². The van der Waals surface area contributed by atoms with Crippen molar-refractivity contribution in [3.63, 3.8) is 0 Å². The summed E-state index contributed by atoms with van der Waals surface area (Å²) in [6, 6.07) is 15.6. The van der Waals surface area contributed by atoms with Gasteiger partial charge in [-0.3, -0.25) is 4.79 Å². The second kappa shape index (κ2) is 10.7. The Kier molecular flexibility index (Phi) is 7.97. The van der Waals surface area contributed by atoms with Crippen molar-refractivity contribution in [3.05, 3.63) is 59.7 Å². The van der Waals surface area contributed by atoms with Crippen molar-refractivity contribution in [2.75, 3.05) is 20.2 Å². The van der Waals surface area contributed by atoms with Crippen LogP contribution in [0.5, 0.6) is 0 Å². The number of hydrogen-bond acceptors (Lipinski definition) is 4. The molecule has 2 N–H and O–H groups in total. The number of nitrogens with zero attached hydrogens (tertiary/aromatic N) is 1. The molecule has 3 rings (SSSR count). The fourth-order valence-electron chi connectivity index (χ4n) is 4.28. The predicted molar refractivity (Wildman–Crippen MR) is 131 cm³/mol. The van der Waals surface area contributed by atoms with E-state index in [1.165, 1.54) is 41.1 Å². The second-order valence-electron chi connectivity index (χ2n) is 9.69. The van der Waals surface area contributed by atoms with Crippen molar-refractivity contribution in [3.8, 4) is 11.1 Å². The quantitative estimate of drug-likeness (QED) is 0.531. The van der Waals surface area contributed by atoms with E-state index in [0.717, 1.165) is 0 Å². The van der Waals surface area contributed by atoms with E-state index >= 15 is 0 Å². The van der Waals surface area contributed by atoms with Gasteiger partial charge in [0.05, 0.1) is 0 Å². The number of hydrogen-bond donors (Lipinski definition) is 2. The topological polar surface area (TPSA) is 95.9 Å². The van der Waals surface area contributed by atoms with Crippen molar-refractivity contribution in [1.82, 2.24) is 10.2 Å². The zero-order valence-corrected chi connectivity index (χ0v) is 20.3. The average Bonchev–Trinajstić information content (AvgIpc) is 3.14. The van der Waals surface area contributed by atoms with Crippen LogP contribution in [0.2, 0.25) is 0 Å². The number of carbonyl (C=O) groups excluding carboxylic acids is 2. The molecule has 0 aromatic heterocycles. The van der Waals surface area contributed by atoms with Crippen molar-refractivity contribution >= 4 is 18.0 Å². The number of carbonyl (C=O) groups is 3. The van der Waals surface area contributed by atoms with E-state index in [1.807, 2.05) is 38.1 Å². The number of rotatable bonds is 10. The van der Waals surface area contributed by atoms with E-state index in [9.17, 15) is 14.4 Å². The number of amides is 2. The molecule has 1 aliphatic rings. The Hall–Kier alpha value is -3.35. The molecule has 2 aromatic rings. The van der Waals surface area contributed by atoms with E-state index in [2.05, 4.69) is 29.6 Å². The molecule has 0 saturated carbocycles. The molecule has 0 heterocycles. The molecule has 0 aliphatic heterocycles. The third-order valence-electron chi connectivity index (χ3n) is 6.76. The second-order valence-corrected chi connectivity index (χ2v) is 9.69. The summed E-state index contributed by atoms with van der Waals surface area (Å²) in [5, 5.41) is 11.9. The van der Waals surface area contributed by atoms with Crippen LogP contribution in [0.3, 0.4) is 0 Å². The van der Waals surface area contributed by atoms with Crippen LogP contribution in [-0.2, 0) is 14.3 Å². The zero-order chi connectivity index (χ0) is 24.9. The van der Waals surface area contributed by atoms with Crippen molar-refractivity contribution in [1.29, 1.82) is 0 Å². The van der Waals surface area contributed by atoms with Gasteiger partial charge in [0.1, 0.15) is 12.6 Å². The molecule has 34 heavy (non-hydrogen) atoms. The van der Waals surface area contributed by atoms with Gasteiger partial charge in [0.15, 0.2) is 0 Å². The van der Waals surface area contributed by atoms with Gasteiger partial charge in [-0.05, 0) is 47.4 Å². The van der Waals surface area contributed by atoms with Gasteiger partial charge in [-0.15, -0.1) is 0 Å². The van der Waals surface area contributed by atoms with Gasteiger partial charge in [-0.1, -0.05) is 62.4 Å². The molecule has 0 fully saturated rings. The number of likely N-dealkylation sites (N-methyl/N-ethyl adjacent to an activating group) is 1. The predicted octanol–water partition coefficient (Wildman–Crippen LogP) is 4.65. The van der Waals surface area contributed by atoms with Crippen LogP contribution in [0, 0.1) is 5.41 Å². The van der Waals surface area contributed by atoms with E-state index in [-0.39, 0.29) is 30.3 Å². The van der Waals surface area contributed by atoms with Crippen molar-refractivity contribution < 1.29 is 24.2 Å². The molecule has 0 saturated heterocycles. The standard InChI is InChI=1S/C27H34N2O5/c1-18(25(31)32)29(4)24(30)13-14-27(2,3)15-16-28-26(33)34-17-23-21-11-7-5-9-19(21)20-10-6-8-12-22(20)23/h5-12,18,23H,13-17H2,1-4H3,(H,28,33)(H,31,32)/t18-/m0/s1. The SMILES string of the molecule is C[C@@H](C(=O)O)N(C)C(=O)CCC(C)(C)CCNC(=O)OCC1c2ccccc2-c2ccccc21. The summed E-state index contributed by atoms with van der Waals surface area (Å²) in [7, 11) is 1.51. The first-order valence-corrected chi connectivity index (χ1v) is 11.7. The Morgan fingerprint density at radius 1 is 1.03 bits per heavy atom. The highest BCUT2D eigenvalue weighted by Crippen LogP contribution is 2.44. The Balaban J connectivity index is 1.44. The molecule has 0 radical (unpaired) electrons. The van der Waals surface area contributed by atoms with Crippen LogP contribution in [0.4, 0.5) is 4.79 Å². The summed E-state index contributed by atoms with van der Waals surface area (Å²) in [5.74, 6) is -1.21. The lowest BCUT2D eigenvalue weighted by Gasteiger charge is -2.27. The van der Waals surface area contributed by atoms with E-state index in [0.29, 0.717) is 19.4 Å². The number of nitrogens with one attached hydrogen (secondary N) is 1. The van der Waals surface area contributed by atoms with Crippen LogP contribution < -0.4 is 5.32 Å². The van der Waals surface area contributed by atoms with Gasteiger partial charge in [0, 0.05) is 25.9 Å². The lowest BCUT2D eigenvalue weighted by molar-refractivity contribution is -0.148. The molecule has 2 aromatic carbocycles. The third kappa shape index (κ3) is 5.95. The summed E-state index contributed by atoms with van der Waals surface area (Å²) < 4.78 is 5.57. The monoisotopic (exact) mass is 466 g/mol. The number of carboxylic acids is 1. The fraction of sp³-hybridized carbons (Fsp3) is 0.444. The number of aliphatic carboxylic acids is 1. The largest absolute Gasteiger partial charge is 0.480 e. The van der Waals surface area contributed by atoms with Gasteiger partial charge in [0.2, 0.25) is 5.91 Å². The Morgan fingerprint density at radius 2 is 1.59 bits per heavy atom. The van der Waals surface area contributed by atoms with Gasteiger partial charge >= 0.3 is 12.1 Å². The molecule has 7 heteroatoms. The van der Waals surface area contributed by atoms with Crippen LogP contribution in [0.25, 0.3) is 11.1 Å². The molecule has 1 atom stereocenters. The Morgan fingerprint density at radius 3 is 2.15 bits per heavy atom. The minimum atomic E-state index is -1.03. The molecule has 0 unspecified atom stereocenters. The number of ether oxygens (including phenoxy) is 1. The van der Waals surface area contributed by atoms with Gasteiger partial charge in [-0.25, -0.2) is 9.59 Å². The van der Waals surface area contributed by atoms with Gasteiger partial charge in [0.25, 0.3) is 0 Å². The maximum absolute atomic E-state index is 12.4. The van der Waals surface area contributed by atoms with Gasteiger partial charge < -0.3 is 20.1 Å². The normalized spacial score (nSPS) is 13.5. The first-order chi connectivity index (χ1) is 16.1. The van der Waals surface area contributed by atoms with Crippen molar-refractivity contribution in [2.45, 2.75) is 52.0 Å². The summed E-state index contributed by atoms with van der Waals surface area (Å²) in [5.41, 5.74) is 4.52. The zero-order valence-electron chi connectivity index (χ0n) is 20.3. The average molecular weight is 467 g/mol. The summed E-state index contributed by atoms with van der Waals surface area (Å²) in [6.07, 6.45) is 1.06. The Labute approximate surface area is 201 Å². The fourth-order valence-corrected chi connectivity index (χ4v) is 4.28. The van der Waals surface area contributed by atoms with E-state index < -0.39 is 18.1 Å². The third-order valence-corrected chi connectivity index (χ3v) is 6.76. The molecule has 182 valence electrons. The van der Waals surface area contributed by atoms with Crippen LogP contribution in [0.15, 0.2) is 48.5 Å². The maximum Gasteiger partial charge on any atom is 0.407 e. The molecule has 7 nitrogen and oxygen atoms in total. The molecular formula is C27H34N2O5. The van der Waals surface area contributed by atoms with Gasteiger partial charge in [-0.2, -0.15) is 0 Å². The lowest BCUT2D eigenvalue weighted by atomic mass is 9.84. The minimum absolute atomic E-state index is 0.0192. The highest BCUT2D eigenvalue weighted by molar-refractivity contribution is 5.83. The summed E-state index contributed by atoms with van der Waals surface area (Å²) in [6.45, 7) is 6.25. The van der Waals surface area contributed by atoms with E-state index in [1.54, 1.807) is 0 Å². The highest BCUT2D eigenvalue weighted by atomic mass is 16.5. The molecular weight excluding hydrogens is 432 g/mol. The molecule has 0 bridgehead atoms. The summed E-state index contributed by atoms with van der Waals surface area (Å²) >= 11 is 0. The number of alkyl carbamates (subject to hydrolysis) is 1. The number of carboxylic acid groups (broad SMARTS) is 1. The molecule has 1 aliphatic carbocycles. The minimum Gasteiger partial charge on any atom is -0.480 e. The highest BCUT2D eigenvalue weighted by Gasteiger charge is 2.29. The smallest absolute Gasteiger partial charge is 0.407 e. The molecule has 0 spiro atoms. The summed E-state index contributed by atoms with van der Waals surface area (Å²) in [4.78, 5) is 37.0. The van der Waals surface area contributed by atoms with Crippen LogP contribution in [-0.4, -0.2) is 54.2 Å². The first-order valence-electron chi connectivity index (χ1n) is 11.7. The lowest BCUT2D eigenvalue weighted by Crippen LogP contribution is -2.40. The molecule has 2 amide bonds. The maximum atomic E-state index is 12.4. The number of fused-ring (bicyclic) bond motifs is 3.